The van der Waals surface area contributed by atoms with Crippen molar-refractivity contribution in [2.24, 2.45) is 5.73 Å². The molecule has 0 bridgehead atoms. The third-order valence-electron chi connectivity index (χ3n) is 3.49. The van der Waals surface area contributed by atoms with E-state index in [2.05, 4.69) is 28.0 Å². The molecular formula is C15H18BrClFN3. The molecule has 3 nitrogen and oxygen atoms in total. The molecule has 0 radical (unpaired) electrons. The van der Waals surface area contributed by atoms with Gasteiger partial charge < -0.3 is 5.73 Å². The van der Waals surface area contributed by atoms with E-state index in [0.29, 0.717) is 12.0 Å². The molecule has 1 aromatic heterocycles. The number of benzene rings is 1. The van der Waals surface area contributed by atoms with Crippen LogP contribution in [0.5, 0.6) is 0 Å². The maximum atomic E-state index is 13.5. The van der Waals surface area contributed by atoms with Crippen molar-refractivity contribution in [1.82, 2.24) is 9.78 Å². The lowest BCUT2D eigenvalue weighted by Crippen LogP contribution is -2.17. The predicted molar refractivity (Wildman–Crippen MR) is 87.0 cm³/mol. The lowest BCUT2D eigenvalue weighted by atomic mass is 10.0. The fourth-order valence-corrected chi connectivity index (χ4v) is 3.33. The Bertz CT molecular complexity index is 642. The van der Waals surface area contributed by atoms with Crippen molar-refractivity contribution in [3.05, 3.63) is 50.5 Å². The minimum atomic E-state index is -0.443. The van der Waals surface area contributed by atoms with E-state index >= 15 is 0 Å². The highest BCUT2D eigenvalue weighted by atomic mass is 79.9. The molecule has 0 aliphatic carbocycles. The summed E-state index contributed by atoms with van der Waals surface area (Å²) in [5.74, 6) is -0.443. The van der Waals surface area contributed by atoms with Crippen LogP contribution in [-0.4, -0.2) is 9.78 Å². The number of aryl methyl sites for hydroxylation is 2. The van der Waals surface area contributed by atoms with E-state index in [1.165, 1.54) is 6.07 Å². The van der Waals surface area contributed by atoms with Gasteiger partial charge in [-0.2, -0.15) is 5.10 Å². The molecule has 0 saturated carbocycles. The van der Waals surface area contributed by atoms with Crippen LogP contribution < -0.4 is 5.73 Å². The molecule has 6 heteroatoms. The Morgan fingerprint density at radius 1 is 1.43 bits per heavy atom. The zero-order valence-electron chi connectivity index (χ0n) is 12.0. The number of nitrogens with two attached hydrogens (primary N) is 1. The second-order valence-electron chi connectivity index (χ2n) is 4.83. The monoisotopic (exact) mass is 373 g/mol. The quantitative estimate of drug-likeness (QED) is 0.849. The molecule has 2 rings (SSSR count). The van der Waals surface area contributed by atoms with Crippen LogP contribution >= 0.6 is 27.5 Å². The van der Waals surface area contributed by atoms with Crippen molar-refractivity contribution in [1.29, 1.82) is 0 Å². The van der Waals surface area contributed by atoms with Gasteiger partial charge in [-0.15, -0.1) is 0 Å². The van der Waals surface area contributed by atoms with E-state index in [1.54, 1.807) is 12.1 Å². The average Bonchev–Trinajstić information content (AvgIpc) is 2.78. The first-order chi connectivity index (χ1) is 9.99. The molecule has 0 saturated heterocycles. The van der Waals surface area contributed by atoms with Crippen molar-refractivity contribution in [3.63, 3.8) is 0 Å². The van der Waals surface area contributed by atoms with Crippen LogP contribution in [0.15, 0.2) is 22.7 Å². The van der Waals surface area contributed by atoms with Gasteiger partial charge in [0.25, 0.3) is 0 Å². The molecule has 1 unspecified atom stereocenters. The first kappa shape index (κ1) is 16.5. The Kier molecular flexibility index (Phi) is 5.41. The Balaban J connectivity index is 2.33. The zero-order chi connectivity index (χ0) is 15.6. The van der Waals surface area contributed by atoms with E-state index in [9.17, 15) is 4.39 Å². The Labute approximate surface area is 137 Å². The van der Waals surface area contributed by atoms with Crippen LogP contribution in [0.3, 0.4) is 0 Å². The van der Waals surface area contributed by atoms with Crippen molar-refractivity contribution < 1.29 is 4.39 Å². The van der Waals surface area contributed by atoms with Gasteiger partial charge in [-0.1, -0.05) is 30.7 Å². The van der Waals surface area contributed by atoms with Crippen molar-refractivity contribution in [3.8, 4) is 0 Å². The third-order valence-corrected chi connectivity index (χ3v) is 4.80. The molecule has 21 heavy (non-hydrogen) atoms. The van der Waals surface area contributed by atoms with Gasteiger partial charge in [0.2, 0.25) is 0 Å². The Morgan fingerprint density at radius 2 is 2.14 bits per heavy atom. The summed E-state index contributed by atoms with van der Waals surface area (Å²) >= 11 is 9.60. The second-order valence-corrected chi connectivity index (χ2v) is 6.00. The summed E-state index contributed by atoms with van der Waals surface area (Å²) in [4.78, 5) is 0. The fourth-order valence-electron chi connectivity index (χ4n) is 2.34. The maximum Gasteiger partial charge on any atom is 0.142 e. The molecule has 114 valence electrons. The molecule has 1 atom stereocenters. The second kappa shape index (κ2) is 6.90. The molecule has 1 heterocycles. The van der Waals surface area contributed by atoms with Gasteiger partial charge in [0.15, 0.2) is 0 Å². The SMILES string of the molecule is CCc1nn(CC)c(CC(N)c2cccc(F)c2Cl)c1Br. The van der Waals surface area contributed by atoms with Crippen molar-refractivity contribution in [2.45, 2.75) is 39.3 Å². The molecule has 2 aromatic rings. The topological polar surface area (TPSA) is 43.8 Å². The fraction of sp³-hybridized carbons (Fsp3) is 0.400. The van der Waals surface area contributed by atoms with Crippen LogP contribution in [0.25, 0.3) is 0 Å². The van der Waals surface area contributed by atoms with E-state index in [0.717, 1.165) is 28.8 Å². The first-order valence-electron chi connectivity index (χ1n) is 6.93. The van der Waals surface area contributed by atoms with Crippen molar-refractivity contribution in [2.75, 3.05) is 0 Å². The van der Waals surface area contributed by atoms with Gasteiger partial charge in [0.1, 0.15) is 5.82 Å². The number of hydrogen-bond donors (Lipinski definition) is 1. The van der Waals surface area contributed by atoms with E-state index in [4.69, 9.17) is 17.3 Å². The lowest BCUT2D eigenvalue weighted by molar-refractivity contribution is 0.580. The summed E-state index contributed by atoms with van der Waals surface area (Å²) in [5, 5.41) is 4.64. The van der Waals surface area contributed by atoms with E-state index in [-0.39, 0.29) is 11.1 Å². The van der Waals surface area contributed by atoms with Crippen molar-refractivity contribution >= 4 is 27.5 Å². The Morgan fingerprint density at radius 3 is 2.76 bits per heavy atom. The molecule has 1 aromatic carbocycles. The van der Waals surface area contributed by atoms with Gasteiger partial charge in [-0.05, 0) is 40.9 Å². The van der Waals surface area contributed by atoms with Crippen LogP contribution in [0.1, 0.15) is 36.8 Å². The number of aromatic nitrogens is 2. The molecule has 0 spiro atoms. The molecule has 2 N–H and O–H groups in total. The lowest BCUT2D eigenvalue weighted by Gasteiger charge is -2.15. The average molecular weight is 375 g/mol. The van der Waals surface area contributed by atoms with E-state index in [1.807, 2.05) is 11.6 Å². The summed E-state index contributed by atoms with van der Waals surface area (Å²) in [6.45, 7) is 4.85. The summed E-state index contributed by atoms with van der Waals surface area (Å²) < 4.78 is 16.5. The van der Waals surface area contributed by atoms with E-state index < -0.39 is 5.82 Å². The summed E-state index contributed by atoms with van der Waals surface area (Å²) in [6.07, 6.45) is 1.39. The van der Waals surface area contributed by atoms with Gasteiger partial charge in [-0.25, -0.2) is 4.39 Å². The van der Waals surface area contributed by atoms with Crippen LogP contribution in [-0.2, 0) is 19.4 Å². The number of nitrogens with zero attached hydrogens (tertiary/aromatic N) is 2. The smallest absolute Gasteiger partial charge is 0.142 e. The Hall–Kier alpha value is -0.910. The third kappa shape index (κ3) is 3.30. The highest BCUT2D eigenvalue weighted by Gasteiger charge is 2.19. The van der Waals surface area contributed by atoms with Gasteiger partial charge in [0.05, 0.1) is 20.9 Å². The van der Waals surface area contributed by atoms with Gasteiger partial charge >= 0.3 is 0 Å². The van der Waals surface area contributed by atoms with Gasteiger partial charge in [0, 0.05) is 19.0 Å². The highest BCUT2D eigenvalue weighted by Crippen LogP contribution is 2.30. The largest absolute Gasteiger partial charge is 0.324 e. The molecular weight excluding hydrogens is 357 g/mol. The number of rotatable bonds is 5. The minimum absolute atomic E-state index is 0.0967. The van der Waals surface area contributed by atoms with Crippen LogP contribution in [0.4, 0.5) is 4.39 Å². The number of halogens is 3. The highest BCUT2D eigenvalue weighted by molar-refractivity contribution is 9.10. The number of hydrogen-bond acceptors (Lipinski definition) is 2. The van der Waals surface area contributed by atoms with Crippen LogP contribution in [0.2, 0.25) is 5.02 Å². The van der Waals surface area contributed by atoms with Crippen LogP contribution in [0, 0.1) is 5.82 Å². The molecule has 0 aliphatic rings. The normalized spacial score (nSPS) is 12.7. The summed E-state index contributed by atoms with van der Waals surface area (Å²) in [6, 6.07) is 4.34. The predicted octanol–water partition coefficient (Wildman–Crippen LogP) is 4.26. The standard InChI is InChI=1S/C15H18BrClFN3/c1-3-12-14(16)13(21(4-2)20-12)8-11(19)9-6-5-7-10(18)15(9)17/h5-7,11H,3-4,8,19H2,1-2H3. The maximum absolute atomic E-state index is 13.5. The summed E-state index contributed by atoms with van der Waals surface area (Å²) in [5.41, 5.74) is 8.86. The molecule has 0 aliphatic heterocycles. The minimum Gasteiger partial charge on any atom is -0.324 e. The zero-order valence-corrected chi connectivity index (χ0v) is 14.4. The van der Waals surface area contributed by atoms with Gasteiger partial charge in [-0.3, -0.25) is 4.68 Å². The molecule has 0 fully saturated rings. The first-order valence-corrected chi connectivity index (χ1v) is 8.10. The summed E-state index contributed by atoms with van der Waals surface area (Å²) in [7, 11) is 0. The molecule has 0 amide bonds.